The fourth-order valence-corrected chi connectivity index (χ4v) is 2.92. The average molecular weight is 370 g/mol. The van der Waals surface area contributed by atoms with Gasteiger partial charge in [0.15, 0.2) is 5.69 Å². The third-order valence-electron chi connectivity index (χ3n) is 3.57. The van der Waals surface area contributed by atoms with Gasteiger partial charge in [0.1, 0.15) is 5.75 Å². The van der Waals surface area contributed by atoms with E-state index in [1.54, 1.807) is 18.2 Å². The molecule has 2 aromatic carbocycles. The first kappa shape index (κ1) is 17.5. The van der Waals surface area contributed by atoms with Crippen molar-refractivity contribution in [2.75, 3.05) is 11.6 Å². The smallest absolute Gasteiger partial charge is 0.313 e. The molecule has 1 heterocycles. The molecule has 4 N–H and O–H groups in total. The lowest BCUT2D eigenvalue weighted by Crippen LogP contribution is -2.32. The van der Waals surface area contributed by atoms with Crippen molar-refractivity contribution >= 4 is 40.7 Å². The van der Waals surface area contributed by atoms with Gasteiger partial charge in [0, 0.05) is 5.56 Å². The van der Waals surface area contributed by atoms with E-state index < -0.39 is 11.5 Å². The Morgan fingerprint density at radius 3 is 2.73 bits per heavy atom. The fraction of sp³-hybridized carbons (Fsp3) is 0.0588. The molecule has 0 amide bonds. The normalized spacial score (nSPS) is 11.2. The number of nitrogens with two attached hydrogens (primary N) is 1. The average Bonchev–Trinajstić information content (AvgIpc) is 2.63. The van der Waals surface area contributed by atoms with Gasteiger partial charge in [-0.25, -0.2) is 0 Å². The molecule has 0 aliphatic heterocycles. The van der Waals surface area contributed by atoms with Gasteiger partial charge in [0.2, 0.25) is 5.16 Å². The zero-order valence-electron chi connectivity index (χ0n) is 13.4. The Kier molecular flexibility index (Phi) is 4.90. The molecule has 0 spiro atoms. The summed E-state index contributed by atoms with van der Waals surface area (Å²) in [7, 11) is 0. The number of carbonyl (C=O) groups is 1. The number of hydrogen-bond acceptors (Lipinski definition) is 7. The van der Waals surface area contributed by atoms with Crippen LogP contribution in [0.15, 0.2) is 46.3 Å². The Morgan fingerprint density at radius 1 is 1.19 bits per heavy atom. The molecule has 3 aromatic rings. The lowest BCUT2D eigenvalue weighted by atomic mass is 10.0. The maximum atomic E-state index is 12.3. The van der Waals surface area contributed by atoms with Crippen LogP contribution in [0.25, 0.3) is 22.9 Å². The summed E-state index contributed by atoms with van der Waals surface area (Å²) in [5, 5.41) is 28.1. The molecule has 132 valence electrons. The van der Waals surface area contributed by atoms with Crippen LogP contribution in [0.2, 0.25) is 0 Å². The van der Waals surface area contributed by atoms with E-state index in [1.807, 2.05) is 24.3 Å². The summed E-state index contributed by atoms with van der Waals surface area (Å²) < 4.78 is 0.753. The van der Waals surface area contributed by atoms with Crippen LogP contribution < -0.4 is 11.4 Å². The molecule has 0 unspecified atom stereocenters. The van der Waals surface area contributed by atoms with Crippen molar-refractivity contribution in [2.45, 2.75) is 5.16 Å². The van der Waals surface area contributed by atoms with Crippen molar-refractivity contribution in [2.24, 2.45) is 0 Å². The highest BCUT2D eigenvalue weighted by Gasteiger charge is 2.11. The summed E-state index contributed by atoms with van der Waals surface area (Å²) in [5.74, 6) is 4.38. The monoisotopic (exact) mass is 370 g/mol. The van der Waals surface area contributed by atoms with Crippen molar-refractivity contribution in [3.63, 3.8) is 0 Å². The Hall–Kier alpha value is -3.33. The third-order valence-corrected chi connectivity index (χ3v) is 4.50. The molecule has 0 atom stereocenters. The van der Waals surface area contributed by atoms with Crippen molar-refractivity contribution in [3.8, 4) is 5.75 Å². The van der Waals surface area contributed by atoms with Crippen LogP contribution in [0.3, 0.4) is 0 Å². The zero-order valence-corrected chi connectivity index (χ0v) is 14.2. The number of benzene rings is 2. The van der Waals surface area contributed by atoms with Gasteiger partial charge in [0.25, 0.3) is 5.56 Å². The number of aromatic nitrogens is 3. The van der Waals surface area contributed by atoms with Crippen LogP contribution >= 0.6 is 11.8 Å². The first-order valence-corrected chi connectivity index (χ1v) is 8.44. The van der Waals surface area contributed by atoms with Crippen molar-refractivity contribution in [1.82, 2.24) is 14.9 Å². The van der Waals surface area contributed by atoms with Crippen LogP contribution in [-0.2, 0) is 4.79 Å². The van der Waals surface area contributed by atoms with Crippen molar-refractivity contribution < 1.29 is 15.0 Å². The maximum absolute atomic E-state index is 12.3. The minimum absolute atomic E-state index is 0.00237. The van der Waals surface area contributed by atoms with E-state index >= 15 is 0 Å². The molecular formula is C17H14N4O4S. The second-order valence-electron chi connectivity index (χ2n) is 5.28. The van der Waals surface area contributed by atoms with Crippen molar-refractivity contribution in [3.05, 3.63) is 58.0 Å². The van der Waals surface area contributed by atoms with E-state index in [9.17, 15) is 14.7 Å². The zero-order chi connectivity index (χ0) is 18.7. The van der Waals surface area contributed by atoms with E-state index in [4.69, 9.17) is 10.9 Å². The number of hydrogen-bond donors (Lipinski definition) is 3. The fourth-order valence-electron chi connectivity index (χ4n) is 2.35. The summed E-state index contributed by atoms with van der Waals surface area (Å²) >= 11 is 0.798. The summed E-state index contributed by atoms with van der Waals surface area (Å²) in [5.41, 5.74) is -0.111. The predicted molar refractivity (Wildman–Crippen MR) is 99.3 cm³/mol. The van der Waals surface area contributed by atoms with Crippen LogP contribution in [-0.4, -0.2) is 36.8 Å². The topological polar surface area (TPSA) is 131 Å². The second kappa shape index (κ2) is 7.28. The van der Waals surface area contributed by atoms with Crippen molar-refractivity contribution in [1.29, 1.82) is 0 Å². The van der Waals surface area contributed by atoms with Gasteiger partial charge in [-0.3, -0.25) is 9.59 Å². The minimum atomic E-state index is -1.06. The largest absolute Gasteiger partial charge is 0.507 e. The lowest BCUT2D eigenvalue weighted by molar-refractivity contribution is -0.133. The van der Waals surface area contributed by atoms with E-state index in [1.165, 1.54) is 6.08 Å². The molecule has 9 heteroatoms. The molecule has 0 bridgehead atoms. The van der Waals surface area contributed by atoms with Crippen LogP contribution in [0.5, 0.6) is 5.75 Å². The molecule has 3 rings (SSSR count). The van der Waals surface area contributed by atoms with Gasteiger partial charge >= 0.3 is 5.97 Å². The Bertz CT molecular complexity index is 1080. The highest BCUT2D eigenvalue weighted by atomic mass is 32.2. The first-order valence-electron chi connectivity index (χ1n) is 7.45. The Labute approximate surface area is 151 Å². The van der Waals surface area contributed by atoms with Gasteiger partial charge < -0.3 is 16.1 Å². The lowest BCUT2D eigenvalue weighted by Gasteiger charge is -2.06. The summed E-state index contributed by atoms with van der Waals surface area (Å²) in [4.78, 5) is 22.9. The number of aromatic hydroxyl groups is 1. The molecule has 26 heavy (non-hydrogen) atoms. The first-order chi connectivity index (χ1) is 12.5. The van der Waals surface area contributed by atoms with E-state index in [0.29, 0.717) is 5.56 Å². The van der Waals surface area contributed by atoms with Gasteiger partial charge in [-0.15, -0.1) is 10.2 Å². The maximum Gasteiger partial charge on any atom is 0.313 e. The SMILES string of the molecule is Nn1c(SCC(=O)O)nnc(/C=C/c2c(O)ccc3ccccc23)c1=O. The Morgan fingerprint density at radius 2 is 1.96 bits per heavy atom. The number of phenols is 1. The number of aliphatic carboxylic acids is 1. The number of phenolic OH excluding ortho intramolecular Hbond substituents is 1. The number of nitrogens with zero attached hydrogens (tertiary/aromatic N) is 3. The van der Waals surface area contributed by atoms with E-state index in [-0.39, 0.29) is 22.4 Å². The third kappa shape index (κ3) is 3.52. The molecule has 0 saturated carbocycles. The molecule has 0 radical (unpaired) electrons. The molecule has 1 aromatic heterocycles. The number of carboxylic acid groups (broad SMARTS) is 1. The van der Waals surface area contributed by atoms with Gasteiger partial charge in [-0.05, 0) is 29.0 Å². The standard InChI is InChI=1S/C17H14N4O4S/c18-21-16(25)13(19-20-17(21)26-9-15(23)24)7-6-12-11-4-2-1-3-10(11)5-8-14(12)22/h1-8,22H,9,18H2,(H,23,24)/b7-6+. The van der Waals surface area contributed by atoms with Crippen LogP contribution in [0, 0.1) is 0 Å². The van der Waals surface area contributed by atoms with Gasteiger partial charge in [-0.2, -0.15) is 4.68 Å². The highest BCUT2D eigenvalue weighted by Crippen LogP contribution is 2.28. The Balaban J connectivity index is 1.97. The predicted octanol–water partition coefficient (Wildman–Crippen LogP) is 1.56. The molecular weight excluding hydrogens is 356 g/mol. The number of thioether (sulfide) groups is 1. The van der Waals surface area contributed by atoms with Crippen LogP contribution in [0.4, 0.5) is 0 Å². The van der Waals surface area contributed by atoms with Gasteiger partial charge in [-0.1, -0.05) is 42.1 Å². The molecule has 0 fully saturated rings. The summed E-state index contributed by atoms with van der Waals surface area (Å²) in [6.07, 6.45) is 2.97. The molecule has 0 aliphatic rings. The highest BCUT2D eigenvalue weighted by molar-refractivity contribution is 7.99. The second-order valence-corrected chi connectivity index (χ2v) is 6.22. The quantitative estimate of drug-likeness (QED) is 0.455. The molecule has 0 aliphatic carbocycles. The summed E-state index contributed by atoms with van der Waals surface area (Å²) in [6.45, 7) is 0. The van der Waals surface area contributed by atoms with Crippen LogP contribution in [0.1, 0.15) is 11.3 Å². The number of nitrogen functional groups attached to an aromatic ring is 1. The van der Waals surface area contributed by atoms with Gasteiger partial charge in [0.05, 0.1) is 5.75 Å². The molecule has 8 nitrogen and oxygen atoms in total. The van der Waals surface area contributed by atoms with E-state index in [0.717, 1.165) is 27.2 Å². The molecule has 0 saturated heterocycles. The number of carboxylic acids is 1. The number of rotatable bonds is 5. The summed E-state index contributed by atoms with van der Waals surface area (Å²) in [6, 6.07) is 10.9. The number of fused-ring (bicyclic) bond motifs is 1. The minimum Gasteiger partial charge on any atom is -0.507 e. The van der Waals surface area contributed by atoms with E-state index in [2.05, 4.69) is 10.2 Å².